The number of aliphatic carboxylic acids is 1. The van der Waals surface area contributed by atoms with Crippen molar-refractivity contribution in [2.75, 3.05) is 12.8 Å². The van der Waals surface area contributed by atoms with Crippen LogP contribution in [0, 0.1) is 0 Å². The van der Waals surface area contributed by atoms with Crippen LogP contribution in [0.2, 0.25) is 0 Å². The largest absolute Gasteiger partial charge is 0.481 e. The first-order chi connectivity index (χ1) is 9.99. The Balaban J connectivity index is 2.24. The maximum Gasteiger partial charge on any atom is 0.308 e. The van der Waals surface area contributed by atoms with Crippen molar-refractivity contribution in [1.29, 1.82) is 0 Å². The molecule has 0 aliphatic rings. The number of hydrogen-bond donors (Lipinski definition) is 3. The third-order valence-corrected chi connectivity index (χ3v) is 2.80. The highest BCUT2D eigenvalue weighted by Gasteiger charge is 2.12. The number of rotatable bonds is 5. The maximum absolute atomic E-state index is 11.8. The molecule has 0 saturated carbocycles. The van der Waals surface area contributed by atoms with Gasteiger partial charge >= 0.3 is 5.97 Å². The molecule has 2 aromatic rings. The molecule has 0 bridgehead atoms. The van der Waals surface area contributed by atoms with E-state index in [2.05, 4.69) is 15.0 Å². The summed E-state index contributed by atoms with van der Waals surface area (Å²) >= 11 is 0. The van der Waals surface area contributed by atoms with E-state index in [1.807, 2.05) is 0 Å². The van der Waals surface area contributed by atoms with Gasteiger partial charge in [-0.1, -0.05) is 6.07 Å². The topological polar surface area (TPSA) is 131 Å². The summed E-state index contributed by atoms with van der Waals surface area (Å²) in [5, 5.41) is 8.71. The summed E-state index contributed by atoms with van der Waals surface area (Å²) in [5.41, 5.74) is 5.87. The number of pyridine rings is 1. The average Bonchev–Trinajstić information content (AvgIpc) is 2.43. The summed E-state index contributed by atoms with van der Waals surface area (Å²) in [5.74, 6) is -0.381. The molecule has 2 aromatic heterocycles. The lowest BCUT2D eigenvalue weighted by atomic mass is 10.2. The number of nitrogens with zero attached hydrogens (tertiary/aromatic N) is 2. The van der Waals surface area contributed by atoms with Gasteiger partial charge in [-0.15, -0.1) is 0 Å². The van der Waals surface area contributed by atoms with E-state index in [1.54, 1.807) is 18.3 Å². The normalized spacial score (nSPS) is 10.3. The highest BCUT2D eigenvalue weighted by Crippen LogP contribution is 2.11. The number of carboxylic acid groups (broad SMARTS) is 1. The zero-order chi connectivity index (χ0) is 15.4. The van der Waals surface area contributed by atoms with Gasteiger partial charge in [-0.2, -0.15) is 0 Å². The van der Waals surface area contributed by atoms with Crippen molar-refractivity contribution in [3.63, 3.8) is 0 Å². The third kappa shape index (κ3) is 3.56. The number of carboxylic acids is 1. The third-order valence-electron chi connectivity index (χ3n) is 2.80. The second kappa shape index (κ2) is 6.04. The number of aromatic amines is 1. The zero-order valence-corrected chi connectivity index (χ0v) is 11.3. The summed E-state index contributed by atoms with van der Waals surface area (Å²) in [6.45, 7) is 0. The summed E-state index contributed by atoms with van der Waals surface area (Å²) < 4.78 is 4.95. The van der Waals surface area contributed by atoms with Gasteiger partial charge in [0.25, 0.3) is 5.56 Å². The summed E-state index contributed by atoms with van der Waals surface area (Å²) in [4.78, 5) is 33.1. The monoisotopic (exact) mass is 290 g/mol. The van der Waals surface area contributed by atoms with Gasteiger partial charge in [-0.05, 0) is 5.56 Å². The average molecular weight is 290 g/mol. The zero-order valence-electron chi connectivity index (χ0n) is 11.3. The van der Waals surface area contributed by atoms with E-state index in [4.69, 9.17) is 15.6 Å². The number of aromatic nitrogens is 3. The van der Waals surface area contributed by atoms with Crippen LogP contribution >= 0.6 is 0 Å². The molecule has 8 nitrogen and oxygen atoms in total. The number of H-pyrrole nitrogens is 1. The van der Waals surface area contributed by atoms with E-state index in [-0.39, 0.29) is 11.4 Å². The molecule has 0 aliphatic carbocycles. The molecule has 110 valence electrons. The van der Waals surface area contributed by atoms with E-state index < -0.39 is 17.9 Å². The van der Waals surface area contributed by atoms with Gasteiger partial charge < -0.3 is 20.6 Å². The molecule has 0 saturated heterocycles. The van der Waals surface area contributed by atoms with Crippen LogP contribution in [0.5, 0.6) is 5.88 Å². The van der Waals surface area contributed by atoms with E-state index in [1.165, 1.54) is 7.11 Å². The van der Waals surface area contributed by atoms with Crippen molar-refractivity contribution in [3.05, 3.63) is 45.6 Å². The van der Waals surface area contributed by atoms with E-state index in [0.717, 1.165) is 5.56 Å². The van der Waals surface area contributed by atoms with Crippen molar-refractivity contribution >= 4 is 11.8 Å². The Morgan fingerprint density at radius 1 is 1.48 bits per heavy atom. The molecule has 8 heteroatoms. The van der Waals surface area contributed by atoms with Crippen molar-refractivity contribution < 1.29 is 14.6 Å². The second-order valence-electron chi connectivity index (χ2n) is 4.33. The lowest BCUT2D eigenvalue weighted by Gasteiger charge is -2.06. The number of methoxy groups -OCH3 is 1. The van der Waals surface area contributed by atoms with Gasteiger partial charge in [-0.25, -0.2) is 9.97 Å². The summed E-state index contributed by atoms with van der Waals surface area (Å²) in [6, 6.07) is 3.47. The number of nitrogens with two attached hydrogens (primary N) is 1. The molecule has 0 fully saturated rings. The van der Waals surface area contributed by atoms with Crippen LogP contribution in [0.1, 0.15) is 17.0 Å². The van der Waals surface area contributed by atoms with Crippen molar-refractivity contribution in [2.45, 2.75) is 12.8 Å². The minimum Gasteiger partial charge on any atom is -0.481 e. The van der Waals surface area contributed by atoms with Gasteiger partial charge in [0.1, 0.15) is 11.6 Å². The molecule has 0 spiro atoms. The molecular formula is C13H14N4O4. The Morgan fingerprint density at radius 3 is 2.76 bits per heavy atom. The van der Waals surface area contributed by atoms with Crippen LogP contribution in [0.3, 0.4) is 0 Å². The molecule has 0 aromatic carbocycles. The number of hydrogen-bond acceptors (Lipinski definition) is 6. The summed E-state index contributed by atoms with van der Waals surface area (Å²) in [7, 11) is 1.52. The van der Waals surface area contributed by atoms with Crippen molar-refractivity contribution in [2.24, 2.45) is 0 Å². The van der Waals surface area contributed by atoms with Gasteiger partial charge in [0.05, 0.1) is 19.1 Å². The molecule has 0 amide bonds. The molecule has 0 atom stereocenters. The minimum atomic E-state index is -1.14. The fourth-order valence-corrected chi connectivity index (χ4v) is 1.80. The first kappa shape index (κ1) is 14.5. The Kier molecular flexibility index (Phi) is 4.17. The van der Waals surface area contributed by atoms with E-state index >= 15 is 0 Å². The molecular weight excluding hydrogens is 276 g/mol. The summed E-state index contributed by atoms with van der Waals surface area (Å²) in [6.07, 6.45) is 1.46. The molecule has 0 unspecified atom stereocenters. The van der Waals surface area contributed by atoms with E-state index in [9.17, 15) is 9.59 Å². The molecule has 21 heavy (non-hydrogen) atoms. The molecule has 4 N–H and O–H groups in total. The predicted octanol–water partition coefficient (Wildman–Crippen LogP) is -0.0264. The Bertz CT molecular complexity index is 709. The van der Waals surface area contributed by atoms with Crippen LogP contribution < -0.4 is 16.0 Å². The molecule has 0 aliphatic heterocycles. The Hall–Kier alpha value is -2.90. The van der Waals surface area contributed by atoms with Crippen molar-refractivity contribution in [1.82, 2.24) is 15.0 Å². The van der Waals surface area contributed by atoms with Crippen LogP contribution in [-0.2, 0) is 17.6 Å². The smallest absolute Gasteiger partial charge is 0.308 e. The molecule has 0 radical (unpaired) electrons. The predicted molar refractivity (Wildman–Crippen MR) is 74.2 cm³/mol. The number of anilines is 1. The SMILES string of the molecule is COc1ccc(Cc2nc(N)c(CC(=O)O)c(=O)[nH]2)cn1. The van der Waals surface area contributed by atoms with Crippen LogP contribution in [0.15, 0.2) is 23.1 Å². The molecule has 2 rings (SSSR count). The number of ether oxygens (including phenoxy) is 1. The number of nitrogen functional groups attached to an aromatic ring is 1. The lowest BCUT2D eigenvalue weighted by molar-refractivity contribution is -0.136. The number of nitrogens with one attached hydrogen (secondary N) is 1. The van der Waals surface area contributed by atoms with Crippen molar-refractivity contribution in [3.8, 4) is 5.88 Å². The standard InChI is InChI=1S/C13H14N4O4/c1-21-10-3-2-7(6-15-10)4-9-16-12(14)8(5-11(18)19)13(20)17-9/h2-3,6H,4-5H2,1H3,(H,18,19)(H3,14,16,17,20). The Labute approximate surface area is 119 Å². The fraction of sp³-hybridized carbons (Fsp3) is 0.231. The van der Waals surface area contributed by atoms with Crippen LogP contribution in [-0.4, -0.2) is 33.1 Å². The van der Waals surface area contributed by atoms with Crippen LogP contribution in [0.4, 0.5) is 5.82 Å². The van der Waals surface area contributed by atoms with Gasteiger partial charge in [0, 0.05) is 18.7 Å². The van der Waals surface area contributed by atoms with E-state index in [0.29, 0.717) is 18.1 Å². The van der Waals surface area contributed by atoms with Crippen LogP contribution in [0.25, 0.3) is 0 Å². The quantitative estimate of drug-likeness (QED) is 0.704. The first-order valence-electron chi connectivity index (χ1n) is 6.08. The minimum absolute atomic E-state index is 0.0425. The fourth-order valence-electron chi connectivity index (χ4n) is 1.80. The number of carbonyl (C=O) groups is 1. The lowest BCUT2D eigenvalue weighted by Crippen LogP contribution is -2.22. The highest BCUT2D eigenvalue weighted by atomic mass is 16.5. The van der Waals surface area contributed by atoms with Gasteiger partial charge in [0.2, 0.25) is 5.88 Å². The Morgan fingerprint density at radius 2 is 2.24 bits per heavy atom. The van der Waals surface area contributed by atoms with Gasteiger partial charge in [0.15, 0.2) is 0 Å². The highest BCUT2D eigenvalue weighted by molar-refractivity contribution is 5.71. The van der Waals surface area contributed by atoms with Gasteiger partial charge in [-0.3, -0.25) is 9.59 Å². The maximum atomic E-state index is 11.8. The first-order valence-corrected chi connectivity index (χ1v) is 6.08. The second-order valence-corrected chi connectivity index (χ2v) is 4.33. The molecule has 2 heterocycles.